The molecule has 1 aromatic rings. The zero-order valence-electron chi connectivity index (χ0n) is 11.6. The number of rotatable bonds is 7. The molecule has 0 aliphatic carbocycles. The van der Waals surface area contributed by atoms with E-state index in [0.29, 0.717) is 24.7 Å². The smallest absolute Gasteiger partial charge is 0.234 e. The number of anilines is 1. The quantitative estimate of drug-likeness (QED) is 0.778. The first-order valence-electron chi connectivity index (χ1n) is 6.39. The topological polar surface area (TPSA) is 67.3 Å². The summed E-state index contributed by atoms with van der Waals surface area (Å²) in [5, 5.41) is 12.8. The summed E-state index contributed by atoms with van der Waals surface area (Å²) in [6.45, 7) is 8.56. The van der Waals surface area contributed by atoms with Crippen molar-refractivity contribution in [1.29, 1.82) is 0 Å². The van der Waals surface area contributed by atoms with E-state index in [4.69, 9.17) is 4.74 Å². The molecule has 1 unspecified atom stereocenters. The maximum absolute atomic E-state index is 9.68. The lowest BCUT2D eigenvalue weighted by atomic mass is 10.0. The molecule has 0 spiro atoms. The third-order valence-electron chi connectivity index (χ3n) is 2.48. The van der Waals surface area contributed by atoms with Crippen LogP contribution in [0.3, 0.4) is 0 Å². The van der Waals surface area contributed by atoms with Crippen molar-refractivity contribution >= 4 is 5.82 Å². The second-order valence-corrected chi connectivity index (χ2v) is 4.94. The van der Waals surface area contributed by atoms with E-state index in [-0.39, 0.29) is 18.1 Å². The molecule has 1 atom stereocenters. The van der Waals surface area contributed by atoms with Gasteiger partial charge in [-0.3, -0.25) is 4.98 Å². The minimum Gasteiger partial charge on any atom is -0.474 e. The maximum atomic E-state index is 9.68. The Bertz CT molecular complexity index is 356. The van der Waals surface area contributed by atoms with Crippen LogP contribution in [0.25, 0.3) is 0 Å². The van der Waals surface area contributed by atoms with Crippen LogP contribution >= 0.6 is 0 Å². The average molecular weight is 253 g/mol. The van der Waals surface area contributed by atoms with Crippen LogP contribution in [0.5, 0.6) is 5.88 Å². The Balaban J connectivity index is 2.42. The summed E-state index contributed by atoms with van der Waals surface area (Å²) in [7, 11) is 0. The summed E-state index contributed by atoms with van der Waals surface area (Å²) in [6.07, 6.45) is 3.72. The van der Waals surface area contributed by atoms with E-state index in [9.17, 15) is 5.11 Å². The number of nitrogens with one attached hydrogen (secondary N) is 1. The molecule has 5 heteroatoms. The highest BCUT2D eigenvalue weighted by Gasteiger charge is 2.08. The van der Waals surface area contributed by atoms with Crippen LogP contribution in [0.4, 0.5) is 5.82 Å². The number of aromatic nitrogens is 2. The molecule has 0 radical (unpaired) electrons. The van der Waals surface area contributed by atoms with E-state index in [2.05, 4.69) is 15.3 Å². The number of hydrogen-bond donors (Lipinski definition) is 2. The minimum atomic E-state index is -0.291. The van der Waals surface area contributed by atoms with Gasteiger partial charge in [0.1, 0.15) is 5.82 Å². The van der Waals surface area contributed by atoms with Gasteiger partial charge in [0.15, 0.2) is 0 Å². The molecule has 2 N–H and O–H groups in total. The molecule has 18 heavy (non-hydrogen) atoms. The first kappa shape index (κ1) is 14.7. The third kappa shape index (κ3) is 5.31. The van der Waals surface area contributed by atoms with E-state index in [1.165, 1.54) is 0 Å². The largest absolute Gasteiger partial charge is 0.474 e. The van der Waals surface area contributed by atoms with Gasteiger partial charge in [0, 0.05) is 6.54 Å². The van der Waals surface area contributed by atoms with Crippen LogP contribution < -0.4 is 10.1 Å². The van der Waals surface area contributed by atoms with Crippen LogP contribution in [0.2, 0.25) is 0 Å². The minimum absolute atomic E-state index is 0.0808. The molecule has 0 aliphatic heterocycles. The highest BCUT2D eigenvalue weighted by molar-refractivity contribution is 5.33. The Morgan fingerprint density at radius 2 is 2.00 bits per heavy atom. The van der Waals surface area contributed by atoms with E-state index in [1.807, 2.05) is 27.7 Å². The fourth-order valence-electron chi connectivity index (χ4n) is 1.41. The molecule has 0 fully saturated rings. The highest BCUT2D eigenvalue weighted by atomic mass is 16.5. The predicted octanol–water partition coefficient (Wildman–Crippen LogP) is 2.08. The Morgan fingerprint density at radius 1 is 1.28 bits per heavy atom. The highest BCUT2D eigenvalue weighted by Crippen LogP contribution is 2.11. The second kappa shape index (κ2) is 7.16. The summed E-state index contributed by atoms with van der Waals surface area (Å²) in [4.78, 5) is 8.34. The summed E-state index contributed by atoms with van der Waals surface area (Å²) >= 11 is 0. The summed E-state index contributed by atoms with van der Waals surface area (Å²) in [6, 6.07) is 0. The molecule has 0 bridgehead atoms. The van der Waals surface area contributed by atoms with E-state index in [1.54, 1.807) is 12.4 Å². The van der Waals surface area contributed by atoms with Crippen LogP contribution in [0.15, 0.2) is 12.4 Å². The van der Waals surface area contributed by atoms with E-state index >= 15 is 0 Å². The monoisotopic (exact) mass is 253 g/mol. The van der Waals surface area contributed by atoms with Crippen molar-refractivity contribution in [2.75, 3.05) is 11.9 Å². The van der Waals surface area contributed by atoms with Gasteiger partial charge < -0.3 is 15.2 Å². The molecular weight excluding hydrogens is 230 g/mol. The number of hydrogen-bond acceptors (Lipinski definition) is 5. The van der Waals surface area contributed by atoms with Gasteiger partial charge in [0.05, 0.1) is 24.6 Å². The van der Waals surface area contributed by atoms with Gasteiger partial charge in [-0.15, -0.1) is 0 Å². The Morgan fingerprint density at radius 3 is 2.61 bits per heavy atom. The van der Waals surface area contributed by atoms with Gasteiger partial charge in [-0.25, -0.2) is 0 Å². The average Bonchev–Trinajstić information content (AvgIpc) is 2.28. The third-order valence-corrected chi connectivity index (χ3v) is 2.48. The lowest BCUT2D eigenvalue weighted by Crippen LogP contribution is -2.19. The number of nitrogens with zero attached hydrogens (tertiary/aromatic N) is 2. The number of aliphatic hydroxyl groups is 1. The Hall–Kier alpha value is -1.36. The Labute approximate surface area is 109 Å². The van der Waals surface area contributed by atoms with E-state index in [0.717, 1.165) is 0 Å². The van der Waals surface area contributed by atoms with Crippen LogP contribution in [0.1, 0.15) is 34.1 Å². The molecule has 1 heterocycles. The van der Waals surface area contributed by atoms with Crippen LogP contribution in [-0.2, 0) is 0 Å². The van der Waals surface area contributed by atoms with Gasteiger partial charge in [0.2, 0.25) is 5.88 Å². The molecule has 102 valence electrons. The number of aliphatic hydroxyl groups excluding tert-OH is 1. The van der Waals surface area contributed by atoms with Crippen molar-refractivity contribution in [3.63, 3.8) is 0 Å². The van der Waals surface area contributed by atoms with Gasteiger partial charge in [-0.1, -0.05) is 13.8 Å². The SMILES string of the molecule is CC(C)Oc1cncc(NCCC(O)C(C)C)n1. The summed E-state index contributed by atoms with van der Waals surface area (Å²) in [5.41, 5.74) is 0. The molecule has 1 aromatic heterocycles. The maximum Gasteiger partial charge on any atom is 0.234 e. The summed E-state index contributed by atoms with van der Waals surface area (Å²) < 4.78 is 5.46. The Kier molecular flexibility index (Phi) is 5.85. The molecule has 0 aromatic carbocycles. The lowest BCUT2D eigenvalue weighted by Gasteiger charge is -2.15. The molecular formula is C13H23N3O2. The lowest BCUT2D eigenvalue weighted by molar-refractivity contribution is 0.120. The van der Waals surface area contributed by atoms with Crippen molar-refractivity contribution in [2.24, 2.45) is 5.92 Å². The second-order valence-electron chi connectivity index (χ2n) is 4.94. The summed E-state index contributed by atoms with van der Waals surface area (Å²) in [5.74, 6) is 1.46. The molecule has 0 amide bonds. The first-order valence-corrected chi connectivity index (χ1v) is 6.39. The van der Waals surface area contributed by atoms with Crippen molar-refractivity contribution in [1.82, 2.24) is 9.97 Å². The zero-order chi connectivity index (χ0) is 13.5. The number of ether oxygens (including phenoxy) is 1. The van der Waals surface area contributed by atoms with Crippen molar-refractivity contribution in [2.45, 2.75) is 46.3 Å². The van der Waals surface area contributed by atoms with E-state index < -0.39 is 0 Å². The van der Waals surface area contributed by atoms with Crippen molar-refractivity contribution in [3.05, 3.63) is 12.4 Å². The zero-order valence-corrected chi connectivity index (χ0v) is 11.6. The van der Waals surface area contributed by atoms with Gasteiger partial charge in [-0.2, -0.15) is 4.98 Å². The fourth-order valence-corrected chi connectivity index (χ4v) is 1.41. The first-order chi connectivity index (χ1) is 8.49. The normalized spacial score (nSPS) is 12.8. The molecule has 0 saturated heterocycles. The molecule has 0 aliphatic rings. The van der Waals surface area contributed by atoms with Crippen molar-refractivity contribution < 1.29 is 9.84 Å². The van der Waals surface area contributed by atoms with Gasteiger partial charge >= 0.3 is 0 Å². The van der Waals surface area contributed by atoms with Crippen LogP contribution in [-0.4, -0.2) is 33.8 Å². The van der Waals surface area contributed by atoms with Gasteiger partial charge in [-0.05, 0) is 26.2 Å². The van der Waals surface area contributed by atoms with Crippen LogP contribution in [0, 0.1) is 5.92 Å². The molecule has 1 rings (SSSR count). The fraction of sp³-hybridized carbons (Fsp3) is 0.692. The predicted molar refractivity (Wildman–Crippen MR) is 71.7 cm³/mol. The molecule has 5 nitrogen and oxygen atoms in total. The van der Waals surface area contributed by atoms with Crippen molar-refractivity contribution in [3.8, 4) is 5.88 Å². The van der Waals surface area contributed by atoms with Gasteiger partial charge in [0.25, 0.3) is 0 Å². The standard InChI is InChI=1S/C13H23N3O2/c1-9(2)11(17)5-6-15-12-7-14-8-13(16-12)18-10(3)4/h7-11,17H,5-6H2,1-4H3,(H,15,16). The molecule has 0 saturated carbocycles.